The second-order valence-electron chi connectivity index (χ2n) is 6.36. The lowest BCUT2D eigenvalue weighted by Crippen LogP contribution is -2.46. The Morgan fingerprint density at radius 3 is 1.70 bits per heavy atom. The molecule has 1 aliphatic heterocycles. The van der Waals surface area contributed by atoms with E-state index in [2.05, 4.69) is 10.2 Å². The van der Waals surface area contributed by atoms with E-state index in [0.717, 1.165) is 0 Å². The zero-order chi connectivity index (χ0) is 15.1. The van der Waals surface area contributed by atoms with E-state index >= 15 is 0 Å². The van der Waals surface area contributed by atoms with Crippen LogP contribution in [-0.4, -0.2) is 27.9 Å². The summed E-state index contributed by atoms with van der Waals surface area (Å²) in [5.74, 6) is -0.632. The molecular weight excluding hydrogens is 254 g/mol. The normalized spacial score (nSPS) is 16.1. The van der Waals surface area contributed by atoms with Crippen LogP contribution in [0.2, 0.25) is 0 Å². The van der Waals surface area contributed by atoms with Gasteiger partial charge in [0.2, 0.25) is 0 Å². The molecule has 1 aromatic rings. The summed E-state index contributed by atoms with van der Waals surface area (Å²) in [5.41, 5.74) is -0.496. The van der Waals surface area contributed by atoms with E-state index in [0.29, 0.717) is 11.1 Å². The van der Waals surface area contributed by atoms with Gasteiger partial charge in [-0.05, 0) is 46.8 Å². The summed E-state index contributed by atoms with van der Waals surface area (Å²) >= 11 is 0. The Labute approximate surface area is 118 Å². The summed E-state index contributed by atoms with van der Waals surface area (Å²) in [6.45, 7) is 9.16. The maximum absolute atomic E-state index is 12.4. The molecule has 1 aliphatic rings. The SMILES string of the molecule is CC(C)(C)/N=N/C(C)(C)N1C(=O)c2ccccc2C1=O. The number of rotatable bonds is 2. The molecule has 0 bridgehead atoms. The number of azo groups is 1. The molecule has 5 heteroatoms. The lowest BCUT2D eigenvalue weighted by Gasteiger charge is -2.29. The third kappa shape index (κ3) is 2.48. The Hall–Kier alpha value is -2.04. The van der Waals surface area contributed by atoms with Crippen molar-refractivity contribution in [2.45, 2.75) is 45.8 Å². The first-order chi connectivity index (χ1) is 9.13. The van der Waals surface area contributed by atoms with Gasteiger partial charge in [0.1, 0.15) is 0 Å². The van der Waals surface area contributed by atoms with Crippen molar-refractivity contribution in [1.82, 2.24) is 4.90 Å². The average molecular weight is 273 g/mol. The van der Waals surface area contributed by atoms with Crippen LogP contribution in [0.5, 0.6) is 0 Å². The van der Waals surface area contributed by atoms with Crippen LogP contribution in [0, 0.1) is 0 Å². The van der Waals surface area contributed by atoms with E-state index in [1.54, 1.807) is 38.1 Å². The van der Waals surface area contributed by atoms with Crippen LogP contribution in [0.1, 0.15) is 55.3 Å². The first kappa shape index (κ1) is 14.4. The number of hydrogen-bond donors (Lipinski definition) is 0. The Bertz CT molecular complexity index is 562. The lowest BCUT2D eigenvalue weighted by atomic mass is 10.1. The van der Waals surface area contributed by atoms with Crippen molar-refractivity contribution in [3.05, 3.63) is 35.4 Å². The Balaban J connectivity index is 2.38. The van der Waals surface area contributed by atoms with Crippen molar-refractivity contribution in [2.24, 2.45) is 10.2 Å². The molecule has 0 saturated carbocycles. The van der Waals surface area contributed by atoms with E-state index in [-0.39, 0.29) is 17.4 Å². The number of carbonyl (C=O) groups is 2. The molecule has 0 atom stereocenters. The van der Waals surface area contributed by atoms with Crippen LogP contribution >= 0.6 is 0 Å². The van der Waals surface area contributed by atoms with E-state index in [1.165, 1.54) is 4.90 Å². The summed E-state index contributed by atoms with van der Waals surface area (Å²) in [7, 11) is 0. The smallest absolute Gasteiger partial charge is 0.263 e. The summed E-state index contributed by atoms with van der Waals surface area (Å²) in [5, 5.41) is 8.39. The van der Waals surface area contributed by atoms with Gasteiger partial charge in [-0.25, -0.2) is 4.90 Å². The molecule has 0 fully saturated rings. The molecule has 0 aliphatic carbocycles. The largest absolute Gasteiger partial charge is 0.268 e. The number of fused-ring (bicyclic) bond motifs is 1. The molecule has 5 nitrogen and oxygen atoms in total. The molecule has 2 rings (SSSR count). The fraction of sp³-hybridized carbons (Fsp3) is 0.467. The fourth-order valence-electron chi connectivity index (χ4n) is 2.00. The van der Waals surface area contributed by atoms with Crippen LogP contribution in [0.4, 0.5) is 0 Å². The van der Waals surface area contributed by atoms with Gasteiger partial charge >= 0.3 is 0 Å². The molecule has 0 radical (unpaired) electrons. The van der Waals surface area contributed by atoms with E-state index in [9.17, 15) is 9.59 Å². The van der Waals surface area contributed by atoms with Crippen LogP contribution in [-0.2, 0) is 0 Å². The first-order valence-corrected chi connectivity index (χ1v) is 6.55. The minimum absolute atomic E-state index is 0.316. The van der Waals surface area contributed by atoms with Gasteiger partial charge in [0.15, 0.2) is 5.66 Å². The number of benzene rings is 1. The van der Waals surface area contributed by atoms with E-state index in [4.69, 9.17) is 0 Å². The number of nitrogens with zero attached hydrogens (tertiary/aromatic N) is 3. The molecular formula is C15H19N3O2. The van der Waals surface area contributed by atoms with Gasteiger partial charge in [0, 0.05) is 0 Å². The quantitative estimate of drug-likeness (QED) is 0.613. The summed E-state index contributed by atoms with van der Waals surface area (Å²) in [4.78, 5) is 25.9. The third-order valence-electron chi connectivity index (χ3n) is 2.94. The van der Waals surface area contributed by atoms with Gasteiger partial charge < -0.3 is 0 Å². The molecule has 20 heavy (non-hydrogen) atoms. The number of amides is 2. The highest BCUT2D eigenvalue weighted by molar-refractivity contribution is 6.21. The lowest BCUT2D eigenvalue weighted by molar-refractivity contribution is 0.0478. The minimum Gasteiger partial charge on any atom is -0.268 e. The summed E-state index contributed by atoms with van der Waals surface area (Å²) < 4.78 is 0. The van der Waals surface area contributed by atoms with Gasteiger partial charge in [-0.1, -0.05) is 12.1 Å². The molecule has 0 unspecified atom stereocenters. The van der Waals surface area contributed by atoms with Gasteiger partial charge in [0.05, 0.1) is 16.7 Å². The third-order valence-corrected chi connectivity index (χ3v) is 2.94. The number of carbonyl (C=O) groups excluding carboxylic acids is 2. The van der Waals surface area contributed by atoms with E-state index in [1.807, 2.05) is 20.8 Å². The molecule has 0 saturated heterocycles. The predicted octanol–water partition coefficient (Wildman–Crippen LogP) is 3.27. The number of hydrogen-bond acceptors (Lipinski definition) is 4. The second-order valence-corrected chi connectivity index (χ2v) is 6.36. The van der Waals surface area contributed by atoms with Crippen molar-refractivity contribution in [3.8, 4) is 0 Å². The van der Waals surface area contributed by atoms with Crippen molar-refractivity contribution >= 4 is 11.8 Å². The second kappa shape index (κ2) is 4.51. The summed E-state index contributed by atoms with van der Waals surface area (Å²) in [6.07, 6.45) is 0. The van der Waals surface area contributed by atoms with Gasteiger partial charge in [0.25, 0.3) is 11.8 Å². The Morgan fingerprint density at radius 2 is 1.30 bits per heavy atom. The summed E-state index contributed by atoms with van der Waals surface area (Å²) in [6, 6.07) is 6.81. The monoisotopic (exact) mass is 273 g/mol. The highest BCUT2D eigenvalue weighted by Gasteiger charge is 2.44. The van der Waals surface area contributed by atoms with Gasteiger partial charge in [-0.15, -0.1) is 0 Å². The van der Waals surface area contributed by atoms with Crippen LogP contribution in [0.25, 0.3) is 0 Å². The van der Waals surface area contributed by atoms with Crippen molar-refractivity contribution < 1.29 is 9.59 Å². The molecule has 1 heterocycles. The van der Waals surface area contributed by atoms with Crippen LogP contribution in [0.3, 0.4) is 0 Å². The molecule has 2 amide bonds. The maximum Gasteiger partial charge on any atom is 0.263 e. The van der Waals surface area contributed by atoms with Crippen molar-refractivity contribution in [3.63, 3.8) is 0 Å². The topological polar surface area (TPSA) is 62.1 Å². The predicted molar refractivity (Wildman–Crippen MR) is 75.6 cm³/mol. The molecule has 0 spiro atoms. The fourth-order valence-corrected chi connectivity index (χ4v) is 2.00. The average Bonchev–Trinajstić information content (AvgIpc) is 2.60. The highest BCUT2D eigenvalue weighted by atomic mass is 16.2. The minimum atomic E-state index is -1.000. The van der Waals surface area contributed by atoms with Crippen molar-refractivity contribution in [2.75, 3.05) is 0 Å². The van der Waals surface area contributed by atoms with Crippen molar-refractivity contribution in [1.29, 1.82) is 0 Å². The maximum atomic E-state index is 12.4. The van der Waals surface area contributed by atoms with E-state index < -0.39 is 5.66 Å². The zero-order valence-corrected chi connectivity index (χ0v) is 12.5. The Morgan fingerprint density at radius 1 is 0.850 bits per heavy atom. The van der Waals surface area contributed by atoms with Gasteiger partial charge in [-0.3, -0.25) is 9.59 Å². The first-order valence-electron chi connectivity index (χ1n) is 6.55. The highest BCUT2D eigenvalue weighted by Crippen LogP contribution is 2.30. The Kier molecular flexibility index (Phi) is 3.24. The van der Waals surface area contributed by atoms with Gasteiger partial charge in [-0.2, -0.15) is 10.2 Å². The van der Waals surface area contributed by atoms with Crippen LogP contribution < -0.4 is 0 Å². The zero-order valence-electron chi connectivity index (χ0n) is 12.5. The standard InChI is InChI=1S/C15H19N3O2/c1-14(2,3)16-17-15(4,5)18-12(19)10-8-6-7-9-11(10)13(18)20/h6-9H,1-5H3/b17-16+. The molecule has 106 valence electrons. The number of imide groups is 1. The molecule has 0 aromatic heterocycles. The van der Waals surface area contributed by atoms with Crippen LogP contribution in [0.15, 0.2) is 34.5 Å². The molecule has 1 aromatic carbocycles. The molecule has 0 N–H and O–H groups in total.